The van der Waals surface area contributed by atoms with Gasteiger partial charge in [0.15, 0.2) is 0 Å². The van der Waals surface area contributed by atoms with E-state index in [-0.39, 0.29) is 0 Å². The van der Waals surface area contributed by atoms with E-state index in [2.05, 4.69) is 11.5 Å². The maximum atomic E-state index is 9.60. The monoisotopic (exact) mass is 392 g/mol. The molecule has 1 heterocycles. The first kappa shape index (κ1) is 24.7. The van der Waals surface area contributed by atoms with Crippen molar-refractivity contribution in [2.24, 2.45) is 5.10 Å². The number of carboxylic acids is 1. The Hall–Kier alpha value is -1.32. The Balaban J connectivity index is 0.000000568. The predicted molar refractivity (Wildman–Crippen MR) is 120 cm³/mol. The normalized spacial score (nSPS) is 20.6. The van der Waals surface area contributed by atoms with Gasteiger partial charge in [-0.2, -0.15) is 5.10 Å². The summed E-state index contributed by atoms with van der Waals surface area (Å²) >= 11 is 0. The third-order valence-corrected chi connectivity index (χ3v) is 5.54. The zero-order chi connectivity index (χ0) is 20.3. The second-order valence-electron chi connectivity index (χ2n) is 8.22. The molecule has 0 bridgehead atoms. The van der Waals surface area contributed by atoms with Crippen LogP contribution >= 0.6 is 0 Å². The summed E-state index contributed by atoms with van der Waals surface area (Å²) in [5.41, 5.74) is 6.29. The second kappa shape index (κ2) is 17.8. The van der Waals surface area contributed by atoms with Crippen LogP contribution in [0.2, 0.25) is 0 Å². The van der Waals surface area contributed by atoms with E-state index in [9.17, 15) is 4.79 Å². The number of hydrogen-bond acceptors (Lipinski definition) is 3. The minimum absolute atomic E-state index is 0.292. The fourth-order valence-electron chi connectivity index (χ4n) is 3.84. The highest BCUT2D eigenvalue weighted by Gasteiger charge is 2.09. The van der Waals surface area contributed by atoms with Gasteiger partial charge in [0.2, 0.25) is 0 Å². The van der Waals surface area contributed by atoms with Crippen LogP contribution in [0.15, 0.2) is 16.8 Å². The van der Waals surface area contributed by atoms with Gasteiger partial charge in [-0.05, 0) is 56.9 Å². The summed E-state index contributed by atoms with van der Waals surface area (Å²) in [4.78, 5) is 9.60. The Labute approximate surface area is 173 Å². The largest absolute Gasteiger partial charge is 0.481 e. The molecule has 0 aromatic carbocycles. The highest BCUT2D eigenvalue weighted by Crippen LogP contribution is 2.20. The van der Waals surface area contributed by atoms with Crippen molar-refractivity contribution in [2.45, 2.75) is 122 Å². The summed E-state index contributed by atoms with van der Waals surface area (Å²) in [6.45, 7) is 2.89. The highest BCUT2D eigenvalue weighted by molar-refractivity contribution is 5.99. The lowest BCUT2D eigenvalue weighted by Gasteiger charge is -2.12. The fraction of sp³-hybridized carbons (Fsp3) is 0.833. The molecule has 0 aromatic heterocycles. The van der Waals surface area contributed by atoms with E-state index in [1.807, 2.05) is 6.92 Å². The van der Waals surface area contributed by atoms with E-state index in [0.29, 0.717) is 6.42 Å². The SMILES string of the molecule is C1=C(C2=NNCCCCCCCC2)CCCCCCCCC1.CCCC(=O)O. The number of nitrogens with zero attached hydrogens (tertiary/aromatic N) is 1. The molecule has 0 saturated carbocycles. The van der Waals surface area contributed by atoms with Crippen LogP contribution in [0.25, 0.3) is 0 Å². The van der Waals surface area contributed by atoms with Gasteiger partial charge < -0.3 is 10.5 Å². The molecule has 0 aromatic rings. The van der Waals surface area contributed by atoms with Gasteiger partial charge in [0.25, 0.3) is 0 Å². The summed E-state index contributed by atoms with van der Waals surface area (Å²) in [5, 5.41) is 12.7. The molecule has 0 atom stereocenters. The number of carbonyl (C=O) groups is 1. The molecule has 0 spiro atoms. The van der Waals surface area contributed by atoms with Crippen LogP contribution in [0.1, 0.15) is 122 Å². The van der Waals surface area contributed by atoms with E-state index < -0.39 is 5.97 Å². The summed E-state index contributed by atoms with van der Waals surface area (Å²) in [6.07, 6.45) is 25.2. The van der Waals surface area contributed by atoms with Crippen LogP contribution in [0.4, 0.5) is 0 Å². The van der Waals surface area contributed by atoms with Gasteiger partial charge in [-0.1, -0.05) is 70.8 Å². The molecular formula is C24H44N2O2. The number of hydrogen-bond donors (Lipinski definition) is 2. The van der Waals surface area contributed by atoms with E-state index in [1.54, 1.807) is 5.57 Å². The predicted octanol–water partition coefficient (Wildman–Crippen LogP) is 7.00. The third-order valence-electron chi connectivity index (χ3n) is 5.54. The third kappa shape index (κ3) is 13.8. The molecule has 2 N–H and O–H groups in total. The Morgan fingerprint density at radius 3 is 2.07 bits per heavy atom. The van der Waals surface area contributed by atoms with Gasteiger partial charge in [-0.3, -0.25) is 4.79 Å². The summed E-state index contributed by atoms with van der Waals surface area (Å²) in [6, 6.07) is 0. The second-order valence-corrected chi connectivity index (χ2v) is 8.22. The van der Waals surface area contributed by atoms with Crippen molar-refractivity contribution in [3.05, 3.63) is 11.6 Å². The van der Waals surface area contributed by atoms with Crippen molar-refractivity contribution in [2.75, 3.05) is 6.54 Å². The number of hydrazone groups is 1. The smallest absolute Gasteiger partial charge is 0.303 e. The van der Waals surface area contributed by atoms with Gasteiger partial charge in [0.1, 0.15) is 0 Å². The van der Waals surface area contributed by atoms with Crippen molar-refractivity contribution >= 4 is 11.7 Å². The van der Waals surface area contributed by atoms with Crippen molar-refractivity contribution < 1.29 is 9.90 Å². The summed E-state index contributed by atoms with van der Waals surface area (Å²) < 4.78 is 0. The summed E-state index contributed by atoms with van der Waals surface area (Å²) in [5.74, 6) is -0.711. The summed E-state index contributed by atoms with van der Waals surface area (Å²) in [7, 11) is 0. The quantitative estimate of drug-likeness (QED) is 0.543. The molecule has 2 rings (SSSR count). The molecule has 0 saturated heterocycles. The maximum Gasteiger partial charge on any atom is 0.303 e. The molecule has 0 fully saturated rings. The van der Waals surface area contributed by atoms with Gasteiger partial charge in [0.05, 0.1) is 5.71 Å². The number of carboxylic acid groups (broad SMARTS) is 1. The number of rotatable bonds is 3. The average molecular weight is 393 g/mol. The topological polar surface area (TPSA) is 61.7 Å². The number of nitrogens with one attached hydrogen (secondary N) is 1. The Kier molecular flexibility index (Phi) is 15.7. The molecule has 162 valence electrons. The van der Waals surface area contributed by atoms with Gasteiger partial charge in [-0.15, -0.1) is 0 Å². The molecule has 0 radical (unpaired) electrons. The minimum atomic E-state index is -0.711. The molecule has 1 aliphatic carbocycles. The van der Waals surface area contributed by atoms with Crippen LogP contribution in [0, 0.1) is 0 Å². The maximum absolute atomic E-state index is 9.60. The average Bonchev–Trinajstić information content (AvgIpc) is 2.78. The van der Waals surface area contributed by atoms with Gasteiger partial charge >= 0.3 is 5.97 Å². The van der Waals surface area contributed by atoms with Crippen LogP contribution < -0.4 is 5.43 Å². The van der Waals surface area contributed by atoms with Crippen LogP contribution in [-0.2, 0) is 4.79 Å². The van der Waals surface area contributed by atoms with E-state index in [1.165, 1.54) is 108 Å². The lowest BCUT2D eigenvalue weighted by atomic mass is 9.97. The Morgan fingerprint density at radius 1 is 0.893 bits per heavy atom. The standard InChI is InChI=1S/C20H36N2.C4H8O2/c1-2-4-8-12-16-19(15-11-7-3-1)20-17-13-9-5-6-10-14-18-21-22-20;1-2-3-4(5)6/h15,21H,1-14,16-18H2;2-3H2,1H3,(H,5,6). The molecular weight excluding hydrogens is 348 g/mol. The molecule has 0 unspecified atom stereocenters. The molecule has 1 aliphatic heterocycles. The van der Waals surface area contributed by atoms with Crippen molar-refractivity contribution in [3.8, 4) is 0 Å². The van der Waals surface area contributed by atoms with Crippen LogP contribution in [-0.4, -0.2) is 23.3 Å². The zero-order valence-corrected chi connectivity index (χ0v) is 18.3. The van der Waals surface area contributed by atoms with E-state index >= 15 is 0 Å². The number of allylic oxidation sites excluding steroid dienone is 2. The highest BCUT2D eigenvalue weighted by atomic mass is 16.4. The Bertz CT molecular complexity index is 424. The number of aliphatic carboxylic acids is 1. The Morgan fingerprint density at radius 2 is 1.46 bits per heavy atom. The zero-order valence-electron chi connectivity index (χ0n) is 18.3. The van der Waals surface area contributed by atoms with Gasteiger partial charge in [0, 0.05) is 13.0 Å². The minimum Gasteiger partial charge on any atom is -0.481 e. The lowest BCUT2D eigenvalue weighted by molar-refractivity contribution is -0.137. The lowest BCUT2D eigenvalue weighted by Crippen LogP contribution is -2.14. The van der Waals surface area contributed by atoms with Gasteiger partial charge in [-0.25, -0.2) is 0 Å². The first-order chi connectivity index (χ1) is 13.7. The van der Waals surface area contributed by atoms with Crippen LogP contribution in [0.5, 0.6) is 0 Å². The van der Waals surface area contributed by atoms with E-state index in [0.717, 1.165) is 13.0 Å². The van der Waals surface area contributed by atoms with Crippen molar-refractivity contribution in [1.29, 1.82) is 0 Å². The molecule has 28 heavy (non-hydrogen) atoms. The first-order valence-electron chi connectivity index (χ1n) is 11.9. The van der Waals surface area contributed by atoms with E-state index in [4.69, 9.17) is 10.2 Å². The molecule has 0 amide bonds. The first-order valence-corrected chi connectivity index (χ1v) is 11.9. The molecule has 4 nitrogen and oxygen atoms in total. The van der Waals surface area contributed by atoms with Crippen molar-refractivity contribution in [3.63, 3.8) is 0 Å². The fourth-order valence-corrected chi connectivity index (χ4v) is 3.84. The van der Waals surface area contributed by atoms with Crippen LogP contribution in [0.3, 0.4) is 0 Å². The molecule has 2 aliphatic rings. The van der Waals surface area contributed by atoms with Crippen molar-refractivity contribution in [1.82, 2.24) is 5.43 Å². The molecule has 4 heteroatoms.